The Morgan fingerprint density at radius 3 is 2.86 bits per heavy atom. The molecule has 0 aromatic carbocycles. The maximum atomic E-state index is 9.28. The molecule has 3 atom stereocenters. The monoisotopic (exact) mass is 190 g/mol. The van der Waals surface area contributed by atoms with Gasteiger partial charge in [-0.2, -0.15) is 5.26 Å². The van der Waals surface area contributed by atoms with Crippen molar-refractivity contribution in [1.29, 1.82) is 5.26 Å². The van der Waals surface area contributed by atoms with Crippen LogP contribution in [-0.4, -0.2) is 12.1 Å². The summed E-state index contributed by atoms with van der Waals surface area (Å²) in [4.78, 5) is 0. The van der Waals surface area contributed by atoms with Crippen molar-refractivity contribution in [2.75, 3.05) is 6.54 Å². The minimum Gasteiger partial charge on any atom is -0.288 e. The van der Waals surface area contributed by atoms with Gasteiger partial charge < -0.3 is 0 Å². The number of nitriles is 1. The highest BCUT2D eigenvalue weighted by atomic mass is 15.0. The molecule has 0 radical (unpaired) electrons. The van der Waals surface area contributed by atoms with E-state index in [0.29, 0.717) is 18.4 Å². The van der Waals surface area contributed by atoms with Gasteiger partial charge in [0.2, 0.25) is 0 Å². The van der Waals surface area contributed by atoms with E-state index in [4.69, 9.17) is 6.42 Å². The van der Waals surface area contributed by atoms with Crippen molar-refractivity contribution in [2.45, 2.75) is 38.6 Å². The summed E-state index contributed by atoms with van der Waals surface area (Å²) in [5, 5.41) is 12.5. The third kappa shape index (κ3) is 1.91. The molecular formula is C12H18N2. The van der Waals surface area contributed by atoms with E-state index in [9.17, 15) is 5.26 Å². The van der Waals surface area contributed by atoms with Crippen molar-refractivity contribution < 1.29 is 0 Å². The largest absolute Gasteiger partial charge is 0.288 e. The summed E-state index contributed by atoms with van der Waals surface area (Å²) in [6.45, 7) is 4.86. The second-order valence-corrected chi connectivity index (χ2v) is 4.30. The van der Waals surface area contributed by atoms with Gasteiger partial charge in [0.25, 0.3) is 0 Å². The van der Waals surface area contributed by atoms with Gasteiger partial charge in [0, 0.05) is 0 Å². The molecule has 2 nitrogen and oxygen atoms in total. The maximum absolute atomic E-state index is 9.28. The van der Waals surface area contributed by atoms with Gasteiger partial charge in [-0.25, -0.2) is 0 Å². The average Bonchev–Trinajstić information content (AvgIpc) is 2.21. The summed E-state index contributed by atoms with van der Waals surface area (Å²) in [7, 11) is 0. The number of hydrogen-bond acceptors (Lipinski definition) is 2. The van der Waals surface area contributed by atoms with Gasteiger partial charge in [-0.3, -0.25) is 5.32 Å². The van der Waals surface area contributed by atoms with Gasteiger partial charge in [-0.15, -0.1) is 6.42 Å². The van der Waals surface area contributed by atoms with Crippen LogP contribution in [0.2, 0.25) is 0 Å². The molecule has 0 heterocycles. The number of nitrogens with one attached hydrogen (secondary N) is 1. The molecule has 3 unspecified atom stereocenters. The van der Waals surface area contributed by atoms with Crippen LogP contribution in [0.5, 0.6) is 0 Å². The topological polar surface area (TPSA) is 35.8 Å². The Hall–Kier alpha value is -0.990. The lowest BCUT2D eigenvalue weighted by Gasteiger charge is -2.41. The SMILES string of the molecule is C#CCNC1(C#N)CCCC(C)C1C. The minimum absolute atomic E-state index is 0.384. The highest BCUT2D eigenvalue weighted by molar-refractivity contribution is 5.14. The predicted octanol–water partition coefficient (Wildman–Crippen LogP) is 1.93. The molecule has 1 aliphatic carbocycles. The van der Waals surface area contributed by atoms with Gasteiger partial charge in [-0.05, 0) is 18.3 Å². The smallest absolute Gasteiger partial charge is 0.110 e. The number of hydrogen-bond donors (Lipinski definition) is 1. The standard InChI is InChI=1S/C12H18N2/c1-4-8-14-12(9-13)7-5-6-10(2)11(12)3/h1,10-11,14H,5-8H2,2-3H3. The molecule has 1 aliphatic rings. The van der Waals surface area contributed by atoms with E-state index >= 15 is 0 Å². The summed E-state index contributed by atoms with van der Waals surface area (Å²) in [6, 6.07) is 2.43. The predicted molar refractivity (Wildman–Crippen MR) is 57.4 cm³/mol. The van der Waals surface area contributed by atoms with E-state index in [1.54, 1.807) is 0 Å². The molecule has 1 fully saturated rings. The van der Waals surface area contributed by atoms with Gasteiger partial charge in [0.15, 0.2) is 0 Å². The molecule has 1 saturated carbocycles. The number of terminal acetylenes is 1. The Bertz CT molecular complexity index is 271. The second-order valence-electron chi connectivity index (χ2n) is 4.30. The van der Waals surface area contributed by atoms with Gasteiger partial charge in [0.05, 0.1) is 12.6 Å². The van der Waals surface area contributed by atoms with Crippen molar-refractivity contribution in [3.63, 3.8) is 0 Å². The maximum Gasteiger partial charge on any atom is 0.110 e. The molecule has 76 valence electrons. The molecule has 0 aromatic rings. The van der Waals surface area contributed by atoms with E-state index in [2.05, 4.69) is 31.2 Å². The first-order chi connectivity index (χ1) is 6.66. The molecule has 0 spiro atoms. The van der Waals surface area contributed by atoms with Crippen LogP contribution in [-0.2, 0) is 0 Å². The van der Waals surface area contributed by atoms with Crippen LogP contribution >= 0.6 is 0 Å². The third-order valence-corrected chi connectivity index (χ3v) is 3.57. The Morgan fingerprint density at radius 2 is 2.29 bits per heavy atom. The van der Waals surface area contributed by atoms with Crippen molar-refractivity contribution >= 4 is 0 Å². The number of rotatable bonds is 2. The van der Waals surface area contributed by atoms with Crippen molar-refractivity contribution in [1.82, 2.24) is 5.32 Å². The zero-order valence-corrected chi connectivity index (χ0v) is 9.01. The van der Waals surface area contributed by atoms with Crippen LogP contribution in [0.1, 0.15) is 33.1 Å². The van der Waals surface area contributed by atoms with Crippen molar-refractivity contribution in [2.24, 2.45) is 11.8 Å². The van der Waals surface area contributed by atoms with Crippen molar-refractivity contribution in [3.8, 4) is 18.4 Å². The first-order valence-electron chi connectivity index (χ1n) is 5.26. The fourth-order valence-electron chi connectivity index (χ4n) is 2.32. The van der Waals surface area contributed by atoms with E-state index in [1.165, 1.54) is 6.42 Å². The zero-order chi connectivity index (χ0) is 10.6. The lowest BCUT2D eigenvalue weighted by Crippen LogP contribution is -2.53. The molecule has 0 aliphatic heterocycles. The third-order valence-electron chi connectivity index (χ3n) is 3.57. The van der Waals surface area contributed by atoms with Crippen LogP contribution in [0.25, 0.3) is 0 Å². The highest BCUT2D eigenvalue weighted by Gasteiger charge is 2.41. The Balaban J connectivity index is 2.77. The van der Waals surface area contributed by atoms with E-state index in [1.807, 2.05) is 0 Å². The molecule has 1 rings (SSSR count). The molecular weight excluding hydrogens is 172 g/mol. The average molecular weight is 190 g/mol. The van der Waals surface area contributed by atoms with E-state index in [-0.39, 0.29) is 5.54 Å². The summed E-state index contributed by atoms with van der Waals surface area (Å²) >= 11 is 0. The lowest BCUT2D eigenvalue weighted by molar-refractivity contribution is 0.157. The second kappa shape index (κ2) is 4.49. The van der Waals surface area contributed by atoms with E-state index in [0.717, 1.165) is 12.8 Å². The minimum atomic E-state index is -0.385. The van der Waals surface area contributed by atoms with Crippen LogP contribution in [0, 0.1) is 35.5 Å². The summed E-state index contributed by atoms with van der Waals surface area (Å²) < 4.78 is 0. The summed E-state index contributed by atoms with van der Waals surface area (Å²) in [5.74, 6) is 3.54. The first kappa shape index (κ1) is 11.1. The summed E-state index contributed by atoms with van der Waals surface area (Å²) in [5.41, 5.74) is -0.385. The normalized spacial score (nSPS) is 37.1. The fourth-order valence-corrected chi connectivity index (χ4v) is 2.32. The zero-order valence-electron chi connectivity index (χ0n) is 9.01. The Labute approximate surface area is 86.7 Å². The Kier molecular flexibility index (Phi) is 3.55. The van der Waals surface area contributed by atoms with Crippen LogP contribution in [0.4, 0.5) is 0 Å². The molecule has 1 N–H and O–H groups in total. The van der Waals surface area contributed by atoms with Crippen molar-refractivity contribution in [3.05, 3.63) is 0 Å². The summed E-state index contributed by atoms with van der Waals surface area (Å²) in [6.07, 6.45) is 8.49. The molecule has 0 saturated heterocycles. The molecule has 2 heteroatoms. The first-order valence-corrected chi connectivity index (χ1v) is 5.26. The molecule has 0 amide bonds. The van der Waals surface area contributed by atoms with Crippen LogP contribution in [0.3, 0.4) is 0 Å². The molecule has 0 aromatic heterocycles. The lowest BCUT2D eigenvalue weighted by atomic mass is 9.69. The van der Waals surface area contributed by atoms with Gasteiger partial charge in [0.1, 0.15) is 5.54 Å². The van der Waals surface area contributed by atoms with Gasteiger partial charge in [-0.1, -0.05) is 32.6 Å². The quantitative estimate of drug-likeness (QED) is 0.675. The number of nitrogens with zero attached hydrogens (tertiary/aromatic N) is 1. The highest BCUT2D eigenvalue weighted by Crippen LogP contribution is 2.37. The van der Waals surface area contributed by atoms with Crippen LogP contribution in [0.15, 0.2) is 0 Å². The van der Waals surface area contributed by atoms with E-state index < -0.39 is 0 Å². The fraction of sp³-hybridized carbons (Fsp3) is 0.750. The molecule has 0 bridgehead atoms. The molecule has 14 heavy (non-hydrogen) atoms. The Morgan fingerprint density at radius 1 is 1.57 bits per heavy atom. The van der Waals surface area contributed by atoms with Gasteiger partial charge >= 0.3 is 0 Å². The van der Waals surface area contributed by atoms with Crippen LogP contribution < -0.4 is 5.32 Å².